The minimum Gasteiger partial charge on any atom is -0.488 e. The number of carbonyl (C=O) groups is 5. The van der Waals surface area contributed by atoms with E-state index < -0.39 is 68.5 Å². The summed E-state index contributed by atoms with van der Waals surface area (Å²) in [5.41, 5.74) is 9.96. The molecule has 7 rings (SSSR count). The zero-order valence-corrected chi connectivity index (χ0v) is 48.3. The fourth-order valence-electron chi connectivity index (χ4n) is 8.11. The molecule has 22 heteroatoms. The van der Waals surface area contributed by atoms with Crippen LogP contribution in [-0.4, -0.2) is 118 Å². The Balaban J connectivity index is 0.000000394. The number of hydrogen-bond acceptors (Lipinski definition) is 14. The van der Waals surface area contributed by atoms with Crippen LogP contribution in [0.15, 0.2) is 139 Å². The predicted molar refractivity (Wildman–Crippen MR) is 315 cm³/mol. The lowest BCUT2D eigenvalue weighted by atomic mass is 9.95. The minimum atomic E-state index is -1.56. The molecule has 2 aliphatic heterocycles. The van der Waals surface area contributed by atoms with Gasteiger partial charge in [0.15, 0.2) is 12.5 Å². The molecule has 0 spiro atoms. The number of aliphatic hydroxyl groups is 3. The normalized spacial score (nSPS) is 18.1. The van der Waals surface area contributed by atoms with Gasteiger partial charge >= 0.3 is 6.16 Å². The van der Waals surface area contributed by atoms with E-state index in [1.807, 2.05) is 38.1 Å². The van der Waals surface area contributed by atoms with Gasteiger partial charge in [-0.15, -0.1) is 29.6 Å². The summed E-state index contributed by atoms with van der Waals surface area (Å²) in [7, 11) is 4.08. The van der Waals surface area contributed by atoms with Crippen LogP contribution in [0, 0.1) is 17.8 Å². The fourth-order valence-corrected chi connectivity index (χ4v) is 11.5. The average Bonchev–Trinajstić information content (AvgIpc) is 3.47. The Morgan fingerprint density at radius 2 is 1.43 bits per heavy atom. The molecule has 5 aromatic rings. The van der Waals surface area contributed by atoms with E-state index in [0.717, 1.165) is 11.1 Å². The van der Waals surface area contributed by atoms with Crippen molar-refractivity contribution in [1.82, 2.24) is 10.2 Å². The zero-order chi connectivity index (χ0) is 57.3. The molecule has 2 aliphatic rings. The summed E-state index contributed by atoms with van der Waals surface area (Å²) >= 11 is 1.23. The first-order valence-electron chi connectivity index (χ1n) is 25.4. The van der Waals surface area contributed by atoms with Gasteiger partial charge in [0.1, 0.15) is 42.2 Å². The number of thioether (sulfide) groups is 1. The molecule has 5 unspecified atom stereocenters. The first-order valence-corrected chi connectivity index (χ1v) is 30.3. The van der Waals surface area contributed by atoms with Crippen LogP contribution in [0.3, 0.4) is 0 Å². The summed E-state index contributed by atoms with van der Waals surface area (Å²) in [6.45, 7) is 6.92. The number of benzene rings is 5. The van der Waals surface area contributed by atoms with Crippen molar-refractivity contribution in [3.8, 4) is 17.6 Å². The van der Waals surface area contributed by atoms with E-state index in [0.29, 0.717) is 30.7 Å². The molecular formula is C57H67N6O12P3S. The van der Waals surface area contributed by atoms with Crippen molar-refractivity contribution in [2.75, 3.05) is 38.3 Å². The molecular weight excluding hydrogens is 1090 g/mol. The van der Waals surface area contributed by atoms with Gasteiger partial charge in [-0.25, -0.2) is 4.79 Å². The van der Waals surface area contributed by atoms with Crippen LogP contribution in [-0.2, 0) is 28.6 Å². The summed E-state index contributed by atoms with van der Waals surface area (Å²) in [5, 5.41) is 44.0. The van der Waals surface area contributed by atoms with Crippen LogP contribution in [0.1, 0.15) is 74.5 Å². The number of Topliss-reactive ketones (excluding diaryl/α,β-unsaturated/α-hetero) is 1. The van der Waals surface area contributed by atoms with Crippen molar-refractivity contribution < 1.29 is 58.2 Å². The first-order chi connectivity index (χ1) is 38.1. The number of hydrogen-bond donors (Lipinski definition) is 5. The molecule has 0 aromatic heterocycles. The Labute approximate surface area is 470 Å². The number of amides is 3. The van der Waals surface area contributed by atoms with Crippen molar-refractivity contribution >= 4 is 88.8 Å². The number of nitrogens with one attached hydrogen (secondary N) is 2. The lowest BCUT2D eigenvalue weighted by Gasteiger charge is -2.40. The number of ether oxygens (including phenoxy) is 4. The summed E-state index contributed by atoms with van der Waals surface area (Å²) in [6, 6.07) is 42.1. The van der Waals surface area contributed by atoms with E-state index in [9.17, 15) is 39.3 Å². The van der Waals surface area contributed by atoms with Crippen LogP contribution < -0.4 is 31.3 Å². The quantitative estimate of drug-likeness (QED) is 0.0108. The minimum absolute atomic E-state index is 0.0213. The number of ketones is 1. The van der Waals surface area contributed by atoms with E-state index in [2.05, 4.69) is 111 Å². The van der Waals surface area contributed by atoms with Gasteiger partial charge in [-0.05, 0) is 85.5 Å². The Morgan fingerprint density at radius 1 is 0.835 bits per heavy atom. The van der Waals surface area contributed by atoms with Gasteiger partial charge in [-0.3, -0.25) is 19.2 Å². The fraction of sp³-hybridized carbons (Fsp3) is 0.351. The van der Waals surface area contributed by atoms with Crippen molar-refractivity contribution in [2.24, 2.45) is 11.0 Å². The molecule has 2 heterocycles. The smallest absolute Gasteiger partial charge is 0.488 e. The van der Waals surface area contributed by atoms with Gasteiger partial charge in [0.05, 0.1) is 6.54 Å². The molecule has 5 N–H and O–H groups in total. The lowest BCUT2D eigenvalue weighted by molar-refractivity contribution is -0.207. The van der Waals surface area contributed by atoms with Crippen molar-refractivity contribution in [2.45, 2.75) is 88.2 Å². The topological polar surface area (TPSA) is 259 Å². The molecule has 418 valence electrons. The van der Waals surface area contributed by atoms with Crippen LogP contribution in [0.2, 0.25) is 0 Å². The van der Waals surface area contributed by atoms with Crippen LogP contribution in [0.25, 0.3) is 10.4 Å². The van der Waals surface area contributed by atoms with Crippen LogP contribution >= 0.6 is 37.5 Å². The predicted octanol–water partition coefficient (Wildman–Crippen LogP) is 7.53. The lowest BCUT2D eigenvalue weighted by Crippen LogP contribution is -2.58. The Morgan fingerprint density at radius 3 is 1.99 bits per heavy atom. The maximum atomic E-state index is 13.9. The number of aliphatic hydroxyl groups excluding tert-OH is 3. The number of rotatable bonds is 18. The van der Waals surface area contributed by atoms with E-state index in [1.54, 1.807) is 38.1 Å². The van der Waals surface area contributed by atoms with Gasteiger partial charge in [-0.1, -0.05) is 135 Å². The summed E-state index contributed by atoms with van der Waals surface area (Å²) in [4.78, 5) is 67.0. The second-order valence-corrected chi connectivity index (χ2v) is 21.9. The highest BCUT2D eigenvalue weighted by molar-refractivity contribution is 8.00. The monoisotopic (exact) mass is 1150 g/mol. The molecule has 18 nitrogen and oxygen atoms in total. The summed E-state index contributed by atoms with van der Waals surface area (Å²) in [6.07, 6.45) is -7.32. The van der Waals surface area contributed by atoms with Crippen LogP contribution in [0.5, 0.6) is 5.75 Å². The average molecular weight is 1150 g/mol. The van der Waals surface area contributed by atoms with Crippen molar-refractivity contribution in [3.63, 3.8) is 0 Å². The second kappa shape index (κ2) is 33.3. The van der Waals surface area contributed by atoms with Crippen molar-refractivity contribution in [1.29, 1.82) is 0 Å². The van der Waals surface area contributed by atoms with E-state index in [4.69, 9.17) is 24.5 Å². The highest BCUT2D eigenvalue weighted by Gasteiger charge is 2.45. The second-order valence-electron chi connectivity index (χ2n) is 18.0. The van der Waals surface area contributed by atoms with Gasteiger partial charge in [0.25, 0.3) is 5.91 Å². The molecule has 3 amide bonds. The summed E-state index contributed by atoms with van der Waals surface area (Å²) in [5.74, 6) is 5.02. The zero-order valence-electron chi connectivity index (χ0n) is 44.3. The molecule has 0 aliphatic carbocycles. The van der Waals surface area contributed by atoms with E-state index in [1.165, 1.54) is 56.8 Å². The van der Waals surface area contributed by atoms with E-state index >= 15 is 0 Å². The Bertz CT molecular complexity index is 2810. The van der Waals surface area contributed by atoms with Gasteiger partial charge < -0.3 is 49.8 Å². The van der Waals surface area contributed by atoms with Gasteiger partial charge in [-0.2, -0.15) is 0 Å². The third-order valence-electron chi connectivity index (χ3n) is 12.2. The van der Waals surface area contributed by atoms with Crippen molar-refractivity contribution in [3.05, 3.63) is 161 Å². The highest BCUT2D eigenvalue weighted by Crippen LogP contribution is 2.34. The number of anilines is 1. The van der Waals surface area contributed by atoms with Gasteiger partial charge in [0, 0.05) is 58.0 Å². The number of azide groups is 1. The number of nitrogens with zero attached hydrogens (tertiary/aromatic N) is 4. The van der Waals surface area contributed by atoms with E-state index in [-0.39, 0.29) is 54.8 Å². The highest BCUT2D eigenvalue weighted by atomic mass is 32.2. The SMILES string of the molecule is CC(=O)c1ccc(P(c2ccccc2)c2ccccc2)cc1.CCC(=O)NCC#Cc1ccc(NC(=O)C2CCN(C(=O)C(OC(=O)OCC3O[C@@H](SC(C)C)C(O)[C@@H](O)[C@H]3O)c3ccc(OCN=[N+]=[N-])cc3)CC2)cc1.PP. The van der Waals surface area contributed by atoms with Gasteiger partial charge in [0.2, 0.25) is 17.9 Å². The maximum absolute atomic E-state index is 13.9. The third kappa shape index (κ3) is 19.7. The van der Waals surface area contributed by atoms with Crippen LogP contribution in [0.4, 0.5) is 10.5 Å². The standard InChI is InChI=1S/C37H46N6O11S.C20H17OP.H4P2/c1-4-29(44)39-17-5-6-23-7-11-26(12-8-23)41-34(48)25-15-18-43(19-16-25)35(49)33(24-9-13-27(14-10-24)52-21-40-42-38)54-37(50)51-20-28-30(45)31(46)32(47)36(53-28)55-22(2)3;1-16(21)17-12-14-20(15-13-17)22(18-8-4-2-5-9-18)19-10-6-3-7-11-19;1-2/h7-14,22,25,28,30-33,36,45-47H,4,15-21H2,1-3H3,(H,39,44)(H,41,48);2-15H,1H3;1-2H2/t28?,30-,31-,32?,33?,36-;;/m0../s1. The Kier molecular flexibility index (Phi) is 26.7. The summed E-state index contributed by atoms with van der Waals surface area (Å²) < 4.78 is 21.9. The third-order valence-corrected chi connectivity index (χ3v) is 15.9. The molecule has 0 radical (unpaired) electrons. The Hall–Kier alpha value is -6.40. The number of piperidine rings is 1. The molecule has 8 atom stereocenters. The molecule has 2 fully saturated rings. The number of carbonyl (C=O) groups excluding carboxylic acids is 5. The number of likely N-dealkylation sites (tertiary alicyclic amines) is 1. The molecule has 79 heavy (non-hydrogen) atoms. The molecule has 0 saturated carbocycles. The largest absolute Gasteiger partial charge is 0.509 e. The first kappa shape index (κ1) is 63.4. The molecule has 5 aromatic carbocycles. The molecule has 2 saturated heterocycles. The maximum Gasteiger partial charge on any atom is 0.509 e. The molecule has 0 bridgehead atoms.